The van der Waals surface area contributed by atoms with E-state index in [0.717, 1.165) is 44.8 Å². The van der Waals surface area contributed by atoms with E-state index in [1.165, 1.54) is 0 Å². The number of unbranched alkanes of at least 4 members (excludes halogenated alkanes) is 2. The van der Waals surface area contributed by atoms with E-state index in [2.05, 4.69) is 18.7 Å². The lowest BCUT2D eigenvalue weighted by atomic mass is 10.0. The lowest BCUT2D eigenvalue weighted by Crippen LogP contribution is -2.31. The van der Waals surface area contributed by atoms with Crippen molar-refractivity contribution in [3.05, 3.63) is 17.2 Å². The second-order valence-corrected chi connectivity index (χ2v) is 5.96. The van der Waals surface area contributed by atoms with Gasteiger partial charge in [0.1, 0.15) is 6.10 Å². The van der Waals surface area contributed by atoms with Crippen LogP contribution in [0.4, 0.5) is 0 Å². The Morgan fingerprint density at radius 3 is 2.26 bits per heavy atom. The molecular weight excluding hydrogens is 298 g/mol. The Morgan fingerprint density at radius 1 is 1.09 bits per heavy atom. The molecule has 128 valence electrons. The number of rotatable bonds is 8. The van der Waals surface area contributed by atoms with Crippen LogP contribution in [-0.4, -0.2) is 45.8 Å². The maximum Gasteiger partial charge on any atom is 0.339 e. The highest BCUT2D eigenvalue weighted by Crippen LogP contribution is 2.46. The number of hydrogen-bond acceptors (Lipinski definition) is 6. The monoisotopic (exact) mass is 323 g/mol. The highest BCUT2D eigenvalue weighted by atomic mass is 16.6. The molecule has 3 N–H and O–H groups in total. The number of fused-ring (bicyclic) bond motifs is 1. The summed E-state index contributed by atoms with van der Waals surface area (Å²) in [6.45, 7) is 6.50. The zero-order chi connectivity index (χ0) is 17.0. The molecule has 6 nitrogen and oxygen atoms in total. The van der Waals surface area contributed by atoms with Gasteiger partial charge in [0.05, 0.1) is 11.1 Å². The van der Waals surface area contributed by atoms with Gasteiger partial charge in [-0.1, -0.05) is 26.7 Å². The number of phenols is 3. The Labute approximate surface area is 136 Å². The van der Waals surface area contributed by atoms with Crippen LogP contribution in [0.25, 0.3) is 0 Å². The van der Waals surface area contributed by atoms with Crippen LogP contribution >= 0.6 is 0 Å². The van der Waals surface area contributed by atoms with Crippen LogP contribution in [0.3, 0.4) is 0 Å². The average Bonchev–Trinajstić information content (AvgIpc) is 2.83. The fourth-order valence-corrected chi connectivity index (χ4v) is 2.83. The van der Waals surface area contributed by atoms with Crippen molar-refractivity contribution in [2.45, 2.75) is 45.6 Å². The summed E-state index contributed by atoms with van der Waals surface area (Å²) in [6, 6.07) is 1.15. The molecule has 2 rings (SSSR count). The van der Waals surface area contributed by atoms with E-state index in [4.69, 9.17) is 4.74 Å². The van der Waals surface area contributed by atoms with Gasteiger partial charge in [0, 0.05) is 6.54 Å². The third kappa shape index (κ3) is 3.69. The number of nitrogens with zero attached hydrogens (tertiary/aromatic N) is 1. The van der Waals surface area contributed by atoms with Crippen LogP contribution in [-0.2, 0) is 4.74 Å². The molecule has 0 aliphatic carbocycles. The zero-order valence-electron chi connectivity index (χ0n) is 13.7. The first-order valence-corrected chi connectivity index (χ1v) is 8.20. The predicted octanol–water partition coefficient (Wildman–Crippen LogP) is 2.92. The molecule has 0 spiro atoms. The minimum absolute atomic E-state index is 0.119. The van der Waals surface area contributed by atoms with Gasteiger partial charge in [0.2, 0.25) is 5.75 Å². The number of phenolic OH excluding ortho intramolecular Hbond substituents is 3. The molecule has 23 heavy (non-hydrogen) atoms. The molecule has 0 radical (unpaired) electrons. The van der Waals surface area contributed by atoms with Gasteiger partial charge in [0.15, 0.2) is 11.5 Å². The smallest absolute Gasteiger partial charge is 0.339 e. The third-order valence-corrected chi connectivity index (χ3v) is 4.16. The van der Waals surface area contributed by atoms with Crippen LogP contribution in [0.5, 0.6) is 17.2 Å². The quantitative estimate of drug-likeness (QED) is 0.503. The summed E-state index contributed by atoms with van der Waals surface area (Å²) in [5.74, 6) is -2.18. The molecule has 1 aliphatic heterocycles. The lowest BCUT2D eigenvalue weighted by Gasteiger charge is -2.25. The van der Waals surface area contributed by atoms with Gasteiger partial charge in [-0.3, -0.25) is 4.90 Å². The van der Waals surface area contributed by atoms with Crippen molar-refractivity contribution in [1.82, 2.24) is 4.90 Å². The largest absolute Gasteiger partial charge is 0.504 e. The molecule has 1 aliphatic rings. The summed E-state index contributed by atoms with van der Waals surface area (Å²) in [5, 5.41) is 29.4. The summed E-state index contributed by atoms with van der Waals surface area (Å²) in [7, 11) is 0. The van der Waals surface area contributed by atoms with Crippen LogP contribution in [0.1, 0.15) is 61.6 Å². The lowest BCUT2D eigenvalue weighted by molar-refractivity contribution is 0.0287. The van der Waals surface area contributed by atoms with E-state index in [1.807, 2.05) is 0 Å². The van der Waals surface area contributed by atoms with Gasteiger partial charge in [-0.15, -0.1) is 0 Å². The number of carbonyl (C=O) groups is 1. The fraction of sp³-hybridized carbons (Fsp3) is 0.588. The number of aromatic hydroxyl groups is 3. The number of cyclic esters (lactones) is 1. The van der Waals surface area contributed by atoms with E-state index >= 15 is 0 Å². The Balaban J connectivity index is 2.22. The summed E-state index contributed by atoms with van der Waals surface area (Å²) in [5.41, 5.74) is 0.386. The summed E-state index contributed by atoms with van der Waals surface area (Å²) >= 11 is 0. The second kappa shape index (κ2) is 7.55. The highest BCUT2D eigenvalue weighted by molar-refractivity contribution is 5.96. The van der Waals surface area contributed by atoms with Crippen molar-refractivity contribution in [1.29, 1.82) is 0 Å². The summed E-state index contributed by atoms with van der Waals surface area (Å²) in [4.78, 5) is 14.2. The molecule has 6 heteroatoms. The van der Waals surface area contributed by atoms with Crippen LogP contribution in [0.2, 0.25) is 0 Å². The SMILES string of the molecule is CCCCN(CCCC)CC1OC(=O)c2cc(O)c(O)c(O)c21. The normalized spacial score (nSPS) is 16.7. The van der Waals surface area contributed by atoms with E-state index in [0.29, 0.717) is 6.54 Å². The van der Waals surface area contributed by atoms with Gasteiger partial charge in [0.25, 0.3) is 0 Å². The molecular formula is C17H25NO5. The third-order valence-electron chi connectivity index (χ3n) is 4.16. The van der Waals surface area contributed by atoms with Gasteiger partial charge in [-0.25, -0.2) is 4.79 Å². The Kier molecular flexibility index (Phi) is 5.71. The minimum Gasteiger partial charge on any atom is -0.504 e. The predicted molar refractivity (Wildman–Crippen MR) is 85.8 cm³/mol. The number of esters is 1. The first-order chi connectivity index (χ1) is 11.0. The highest BCUT2D eigenvalue weighted by Gasteiger charge is 2.37. The Morgan fingerprint density at radius 2 is 1.70 bits per heavy atom. The molecule has 0 aromatic heterocycles. The topological polar surface area (TPSA) is 90.2 Å². The molecule has 1 aromatic rings. The minimum atomic E-state index is -0.627. The van der Waals surface area contributed by atoms with E-state index < -0.39 is 29.3 Å². The maximum atomic E-state index is 12.0. The molecule has 0 amide bonds. The van der Waals surface area contributed by atoms with Crippen LogP contribution in [0.15, 0.2) is 6.07 Å². The van der Waals surface area contributed by atoms with E-state index in [-0.39, 0.29) is 11.1 Å². The van der Waals surface area contributed by atoms with Crippen molar-refractivity contribution < 1.29 is 24.9 Å². The summed E-state index contributed by atoms with van der Waals surface area (Å²) < 4.78 is 5.35. The molecule has 0 saturated heterocycles. The molecule has 0 bridgehead atoms. The van der Waals surface area contributed by atoms with Crippen molar-refractivity contribution in [3.63, 3.8) is 0 Å². The number of benzene rings is 1. The standard InChI is InChI=1S/C17H25NO5/c1-3-5-7-18(8-6-4-2)10-13-14-11(17(22)23-13)9-12(19)15(20)16(14)21/h9,13,19-21H,3-8,10H2,1-2H3. The molecule has 1 unspecified atom stereocenters. The van der Waals surface area contributed by atoms with E-state index in [9.17, 15) is 20.1 Å². The molecule has 0 saturated carbocycles. The Bertz CT molecular complexity index is 565. The van der Waals surface area contributed by atoms with E-state index in [1.54, 1.807) is 0 Å². The first kappa shape index (κ1) is 17.4. The van der Waals surface area contributed by atoms with Gasteiger partial charge in [-0.2, -0.15) is 0 Å². The van der Waals surface area contributed by atoms with Gasteiger partial charge >= 0.3 is 5.97 Å². The second-order valence-electron chi connectivity index (χ2n) is 5.96. The fourth-order valence-electron chi connectivity index (χ4n) is 2.83. The first-order valence-electron chi connectivity index (χ1n) is 8.20. The number of ether oxygens (including phenoxy) is 1. The van der Waals surface area contributed by atoms with Crippen LogP contribution < -0.4 is 0 Å². The molecule has 1 aromatic carbocycles. The average molecular weight is 323 g/mol. The van der Waals surface area contributed by atoms with Crippen molar-refractivity contribution in [2.75, 3.05) is 19.6 Å². The molecule has 1 atom stereocenters. The van der Waals surface area contributed by atoms with Gasteiger partial charge in [-0.05, 0) is 32.0 Å². The Hall–Kier alpha value is -1.95. The summed E-state index contributed by atoms with van der Waals surface area (Å²) in [6.07, 6.45) is 3.61. The van der Waals surface area contributed by atoms with Crippen molar-refractivity contribution in [2.24, 2.45) is 0 Å². The zero-order valence-corrected chi connectivity index (χ0v) is 13.7. The van der Waals surface area contributed by atoms with Crippen LogP contribution in [0, 0.1) is 0 Å². The molecule has 0 fully saturated rings. The number of hydrogen-bond donors (Lipinski definition) is 3. The van der Waals surface area contributed by atoms with Gasteiger partial charge < -0.3 is 20.1 Å². The van der Waals surface area contributed by atoms with Crippen molar-refractivity contribution in [3.8, 4) is 17.2 Å². The maximum absolute atomic E-state index is 12.0. The van der Waals surface area contributed by atoms with Crippen molar-refractivity contribution >= 4 is 5.97 Å². The molecule has 1 heterocycles. The number of carbonyl (C=O) groups excluding carboxylic acids is 1.